The Morgan fingerprint density at radius 2 is 2.30 bits per heavy atom. The first-order chi connectivity index (χ1) is 9.56. The van der Waals surface area contributed by atoms with Crippen molar-refractivity contribution in [1.29, 1.82) is 0 Å². The second kappa shape index (κ2) is 6.72. The van der Waals surface area contributed by atoms with Crippen molar-refractivity contribution in [3.8, 4) is 0 Å². The van der Waals surface area contributed by atoms with Crippen LogP contribution in [-0.2, 0) is 20.7 Å². The molecular formula is C14H17ClN2O3. The van der Waals surface area contributed by atoms with Crippen LogP contribution in [0.2, 0.25) is 5.02 Å². The van der Waals surface area contributed by atoms with Gasteiger partial charge in [0.2, 0.25) is 11.8 Å². The minimum Gasteiger partial charge on any atom is -0.381 e. The van der Waals surface area contributed by atoms with E-state index in [-0.39, 0.29) is 11.8 Å². The number of halogens is 1. The molecule has 3 N–H and O–H groups in total. The van der Waals surface area contributed by atoms with Gasteiger partial charge in [0.15, 0.2) is 0 Å². The molecule has 0 saturated carbocycles. The number of nitrogens with one attached hydrogen (secondary N) is 1. The summed E-state index contributed by atoms with van der Waals surface area (Å²) in [5, 5.41) is 3.27. The highest BCUT2D eigenvalue weighted by Crippen LogP contribution is 2.14. The van der Waals surface area contributed by atoms with E-state index in [0.29, 0.717) is 31.1 Å². The average molecular weight is 297 g/mol. The molecule has 1 heterocycles. The van der Waals surface area contributed by atoms with Crippen molar-refractivity contribution in [3.05, 3.63) is 34.9 Å². The van der Waals surface area contributed by atoms with Gasteiger partial charge in [-0.15, -0.1) is 0 Å². The Kier molecular flexibility index (Phi) is 4.98. The molecule has 108 valence electrons. The van der Waals surface area contributed by atoms with Crippen LogP contribution in [0, 0.1) is 5.92 Å². The van der Waals surface area contributed by atoms with Gasteiger partial charge in [-0.3, -0.25) is 9.59 Å². The number of nitrogens with two attached hydrogens (primary N) is 1. The molecule has 2 atom stereocenters. The molecular weight excluding hydrogens is 280 g/mol. The Morgan fingerprint density at radius 1 is 1.50 bits per heavy atom. The van der Waals surface area contributed by atoms with Crippen molar-refractivity contribution in [3.63, 3.8) is 0 Å². The number of amides is 2. The minimum absolute atomic E-state index is 0.187. The SMILES string of the molecule is NC(=O)[C@H](Cc1cccc(Cl)c1)NC(=O)[C@@H]1CCOC1. The lowest BCUT2D eigenvalue weighted by Crippen LogP contribution is -2.48. The molecule has 5 nitrogen and oxygen atoms in total. The fourth-order valence-electron chi connectivity index (χ4n) is 2.15. The van der Waals surface area contributed by atoms with E-state index >= 15 is 0 Å². The van der Waals surface area contributed by atoms with Crippen molar-refractivity contribution in [2.75, 3.05) is 13.2 Å². The zero-order chi connectivity index (χ0) is 14.5. The summed E-state index contributed by atoms with van der Waals surface area (Å²) in [6, 6.07) is 6.40. The van der Waals surface area contributed by atoms with Gasteiger partial charge in [0.25, 0.3) is 0 Å². The Balaban J connectivity index is 2.00. The highest BCUT2D eigenvalue weighted by atomic mass is 35.5. The maximum Gasteiger partial charge on any atom is 0.240 e. The van der Waals surface area contributed by atoms with Crippen LogP contribution in [0.3, 0.4) is 0 Å². The Hall–Kier alpha value is -1.59. The van der Waals surface area contributed by atoms with Gasteiger partial charge in [-0.2, -0.15) is 0 Å². The molecule has 0 aromatic heterocycles. The average Bonchev–Trinajstić information content (AvgIpc) is 2.91. The first kappa shape index (κ1) is 14.8. The van der Waals surface area contributed by atoms with Gasteiger partial charge in [0.05, 0.1) is 12.5 Å². The van der Waals surface area contributed by atoms with E-state index in [0.717, 1.165) is 5.56 Å². The van der Waals surface area contributed by atoms with E-state index in [1.165, 1.54) is 0 Å². The summed E-state index contributed by atoms with van der Waals surface area (Å²) < 4.78 is 5.16. The summed E-state index contributed by atoms with van der Waals surface area (Å²) in [6.45, 7) is 0.974. The number of rotatable bonds is 5. The first-order valence-corrected chi connectivity index (χ1v) is 6.86. The smallest absolute Gasteiger partial charge is 0.240 e. The fraction of sp³-hybridized carbons (Fsp3) is 0.429. The lowest BCUT2D eigenvalue weighted by Gasteiger charge is -2.17. The van der Waals surface area contributed by atoms with Crippen LogP contribution < -0.4 is 11.1 Å². The molecule has 2 rings (SSSR count). The molecule has 1 fully saturated rings. The van der Waals surface area contributed by atoms with E-state index in [4.69, 9.17) is 22.1 Å². The Labute approximate surface area is 122 Å². The molecule has 20 heavy (non-hydrogen) atoms. The van der Waals surface area contributed by atoms with Gasteiger partial charge < -0.3 is 15.8 Å². The Bertz CT molecular complexity index is 501. The molecule has 1 aliphatic heterocycles. The van der Waals surface area contributed by atoms with Gasteiger partial charge in [-0.05, 0) is 24.1 Å². The molecule has 0 unspecified atom stereocenters. The summed E-state index contributed by atoms with van der Waals surface area (Å²) >= 11 is 5.90. The molecule has 0 bridgehead atoms. The number of ether oxygens (including phenoxy) is 1. The molecule has 0 aliphatic carbocycles. The van der Waals surface area contributed by atoms with Crippen molar-refractivity contribution in [1.82, 2.24) is 5.32 Å². The summed E-state index contributed by atoms with van der Waals surface area (Å²) in [7, 11) is 0. The highest BCUT2D eigenvalue weighted by molar-refractivity contribution is 6.30. The second-order valence-electron chi connectivity index (χ2n) is 4.86. The van der Waals surface area contributed by atoms with Crippen LogP contribution in [0.4, 0.5) is 0 Å². The van der Waals surface area contributed by atoms with Gasteiger partial charge in [0.1, 0.15) is 6.04 Å². The van der Waals surface area contributed by atoms with E-state index in [9.17, 15) is 9.59 Å². The number of carbonyl (C=O) groups excluding carboxylic acids is 2. The molecule has 1 aromatic carbocycles. The van der Waals surface area contributed by atoms with Crippen molar-refractivity contribution >= 4 is 23.4 Å². The molecule has 1 aliphatic rings. The zero-order valence-electron chi connectivity index (χ0n) is 11.0. The number of hydrogen-bond acceptors (Lipinski definition) is 3. The van der Waals surface area contributed by atoms with Gasteiger partial charge >= 0.3 is 0 Å². The maximum absolute atomic E-state index is 12.0. The lowest BCUT2D eigenvalue weighted by molar-refractivity contribution is -0.129. The summed E-state index contributed by atoms with van der Waals surface area (Å²) in [4.78, 5) is 23.5. The standard InChI is InChI=1S/C14H17ClN2O3/c15-11-3-1-2-9(6-11)7-12(13(16)18)17-14(19)10-4-5-20-8-10/h1-3,6,10,12H,4-5,7-8H2,(H2,16,18)(H,17,19)/t10-,12+/m1/s1. The van der Waals surface area contributed by atoms with Crippen LogP contribution in [0.15, 0.2) is 24.3 Å². The maximum atomic E-state index is 12.0. The van der Waals surface area contributed by atoms with Crippen LogP contribution in [0.5, 0.6) is 0 Å². The molecule has 1 aromatic rings. The summed E-state index contributed by atoms with van der Waals surface area (Å²) in [6.07, 6.45) is 1.00. The van der Waals surface area contributed by atoms with E-state index in [1.807, 2.05) is 6.07 Å². The zero-order valence-corrected chi connectivity index (χ0v) is 11.7. The minimum atomic E-state index is -0.735. The molecule has 6 heteroatoms. The van der Waals surface area contributed by atoms with Crippen LogP contribution >= 0.6 is 11.6 Å². The third-order valence-electron chi connectivity index (χ3n) is 3.29. The normalized spacial score (nSPS) is 19.6. The predicted octanol–water partition coefficient (Wildman–Crippen LogP) is 0.889. The first-order valence-electron chi connectivity index (χ1n) is 6.48. The largest absolute Gasteiger partial charge is 0.381 e. The van der Waals surface area contributed by atoms with Gasteiger partial charge in [-0.1, -0.05) is 23.7 Å². The van der Waals surface area contributed by atoms with Crippen LogP contribution in [0.1, 0.15) is 12.0 Å². The fourth-order valence-corrected chi connectivity index (χ4v) is 2.37. The van der Waals surface area contributed by atoms with E-state index in [2.05, 4.69) is 5.32 Å². The van der Waals surface area contributed by atoms with Gasteiger partial charge in [0, 0.05) is 18.1 Å². The quantitative estimate of drug-likeness (QED) is 0.846. The van der Waals surface area contributed by atoms with Crippen molar-refractivity contribution in [2.45, 2.75) is 18.9 Å². The lowest BCUT2D eigenvalue weighted by atomic mass is 10.0. The monoisotopic (exact) mass is 296 g/mol. The van der Waals surface area contributed by atoms with Crippen LogP contribution in [0.25, 0.3) is 0 Å². The Morgan fingerprint density at radius 3 is 2.90 bits per heavy atom. The molecule has 0 radical (unpaired) electrons. The van der Waals surface area contributed by atoms with Crippen LogP contribution in [-0.4, -0.2) is 31.1 Å². The molecule has 2 amide bonds. The summed E-state index contributed by atoms with van der Waals surface area (Å²) in [5.41, 5.74) is 6.20. The number of hydrogen-bond donors (Lipinski definition) is 2. The molecule has 1 saturated heterocycles. The second-order valence-corrected chi connectivity index (χ2v) is 5.29. The molecule has 0 spiro atoms. The highest BCUT2D eigenvalue weighted by Gasteiger charge is 2.27. The van der Waals surface area contributed by atoms with E-state index < -0.39 is 11.9 Å². The third kappa shape index (κ3) is 3.95. The predicted molar refractivity (Wildman–Crippen MR) is 75.2 cm³/mol. The van der Waals surface area contributed by atoms with Gasteiger partial charge in [-0.25, -0.2) is 0 Å². The van der Waals surface area contributed by atoms with E-state index in [1.54, 1.807) is 18.2 Å². The third-order valence-corrected chi connectivity index (χ3v) is 3.52. The van der Waals surface area contributed by atoms with Crippen molar-refractivity contribution < 1.29 is 14.3 Å². The summed E-state index contributed by atoms with van der Waals surface area (Å²) in [5.74, 6) is -0.943. The number of primary amides is 1. The number of carbonyl (C=O) groups is 2. The van der Waals surface area contributed by atoms with Crippen molar-refractivity contribution in [2.24, 2.45) is 11.7 Å². The number of benzene rings is 1. The topological polar surface area (TPSA) is 81.4 Å².